The van der Waals surface area contributed by atoms with E-state index in [0.717, 1.165) is 56.6 Å². The lowest BCUT2D eigenvalue weighted by Gasteiger charge is -2.36. The van der Waals surface area contributed by atoms with Crippen molar-refractivity contribution < 1.29 is 13.7 Å². The lowest BCUT2D eigenvalue weighted by Crippen LogP contribution is -2.44. The Hall–Kier alpha value is -2.25. The number of benzene rings is 1. The van der Waals surface area contributed by atoms with Crippen molar-refractivity contribution in [2.75, 3.05) is 46.8 Å². The number of nitrogens with zero attached hydrogens (tertiary/aromatic N) is 4. The smallest absolute Gasteiger partial charge is 0.276 e. The number of rotatable bonds is 9. The fourth-order valence-electron chi connectivity index (χ4n) is 4.33. The van der Waals surface area contributed by atoms with E-state index in [4.69, 9.17) is 4.52 Å². The second-order valence-corrected chi connectivity index (χ2v) is 9.28. The fourth-order valence-corrected chi connectivity index (χ4v) is 4.33. The molecule has 2 heterocycles. The molecule has 1 atom stereocenters. The monoisotopic (exact) mass is 428 g/mol. The average Bonchev–Trinajstić information content (AvgIpc) is 3.49. The number of carbonyl (C=O) groups is 1. The molecular weight excluding hydrogens is 395 g/mol. The Morgan fingerprint density at radius 3 is 2.77 bits per heavy atom. The number of amides is 1. The SMILES string of the molecule is CN(C)CCN(C[C@@H]1CCCN(Cc2ccccc2F)C1)C(=O)c1cc(C2CC2)on1. The van der Waals surface area contributed by atoms with Gasteiger partial charge in [0.2, 0.25) is 0 Å². The van der Waals surface area contributed by atoms with Crippen LogP contribution in [0.5, 0.6) is 0 Å². The number of piperidine rings is 1. The van der Waals surface area contributed by atoms with Crippen molar-refractivity contribution in [3.63, 3.8) is 0 Å². The molecule has 1 saturated carbocycles. The van der Waals surface area contributed by atoms with Crippen molar-refractivity contribution in [1.29, 1.82) is 0 Å². The predicted molar refractivity (Wildman–Crippen MR) is 117 cm³/mol. The molecule has 7 heteroatoms. The van der Waals surface area contributed by atoms with Gasteiger partial charge >= 0.3 is 0 Å². The van der Waals surface area contributed by atoms with Gasteiger partial charge in [0, 0.05) is 50.3 Å². The largest absolute Gasteiger partial charge is 0.360 e. The minimum atomic E-state index is -0.148. The Bertz CT molecular complexity index is 880. The maximum absolute atomic E-state index is 14.1. The van der Waals surface area contributed by atoms with E-state index in [2.05, 4.69) is 15.0 Å². The predicted octanol–water partition coefficient (Wildman–Crippen LogP) is 3.61. The highest BCUT2D eigenvalue weighted by atomic mass is 19.1. The van der Waals surface area contributed by atoms with Gasteiger partial charge in [0.15, 0.2) is 5.69 Å². The van der Waals surface area contributed by atoms with E-state index in [1.807, 2.05) is 37.2 Å². The highest BCUT2D eigenvalue weighted by Crippen LogP contribution is 2.40. The molecule has 2 fully saturated rings. The molecule has 6 nitrogen and oxygen atoms in total. The molecule has 31 heavy (non-hydrogen) atoms. The van der Waals surface area contributed by atoms with Crippen molar-refractivity contribution >= 4 is 5.91 Å². The van der Waals surface area contributed by atoms with Crippen LogP contribution in [0.1, 0.15) is 53.4 Å². The molecule has 0 radical (unpaired) electrons. The van der Waals surface area contributed by atoms with E-state index in [1.165, 1.54) is 6.07 Å². The Labute approximate surface area is 184 Å². The molecule has 168 valence electrons. The number of hydrogen-bond acceptors (Lipinski definition) is 5. The number of likely N-dealkylation sites (tertiary alicyclic amines) is 1. The normalized spacial score (nSPS) is 19.7. The van der Waals surface area contributed by atoms with E-state index in [-0.39, 0.29) is 11.7 Å². The molecule has 0 unspecified atom stereocenters. The van der Waals surface area contributed by atoms with Crippen LogP contribution >= 0.6 is 0 Å². The summed E-state index contributed by atoms with van der Waals surface area (Å²) in [6.07, 6.45) is 4.37. The first kappa shape index (κ1) is 22.0. The molecule has 0 spiro atoms. The third kappa shape index (κ3) is 5.92. The van der Waals surface area contributed by atoms with Gasteiger partial charge in [-0.15, -0.1) is 0 Å². The molecule has 0 N–H and O–H groups in total. The van der Waals surface area contributed by atoms with Gasteiger partial charge < -0.3 is 14.3 Å². The first-order chi connectivity index (χ1) is 15.0. The zero-order valence-corrected chi connectivity index (χ0v) is 18.6. The Morgan fingerprint density at radius 2 is 2.03 bits per heavy atom. The summed E-state index contributed by atoms with van der Waals surface area (Å²) >= 11 is 0. The van der Waals surface area contributed by atoms with Crippen LogP contribution in [0.4, 0.5) is 4.39 Å². The van der Waals surface area contributed by atoms with Crippen molar-refractivity contribution in [1.82, 2.24) is 19.9 Å². The Kier molecular flexibility index (Phi) is 7.02. The summed E-state index contributed by atoms with van der Waals surface area (Å²) in [5.41, 5.74) is 1.15. The van der Waals surface area contributed by atoms with Gasteiger partial charge in [0.05, 0.1) is 0 Å². The van der Waals surface area contributed by atoms with Gasteiger partial charge in [0.25, 0.3) is 5.91 Å². The molecule has 1 saturated heterocycles. The van der Waals surface area contributed by atoms with Crippen LogP contribution in [-0.2, 0) is 6.54 Å². The Morgan fingerprint density at radius 1 is 1.23 bits per heavy atom. The standard InChI is InChI=1S/C24H33FN4O2/c1-27(2)12-13-29(24(30)22-14-23(31-26-22)19-9-10-19)16-18-6-5-11-28(15-18)17-20-7-3-4-8-21(20)25/h3-4,7-8,14,18-19H,5-6,9-13,15-17H2,1-2H3/t18-/m1/s1. The zero-order valence-electron chi connectivity index (χ0n) is 18.6. The summed E-state index contributed by atoms with van der Waals surface area (Å²) < 4.78 is 19.5. The lowest BCUT2D eigenvalue weighted by atomic mass is 9.96. The highest BCUT2D eigenvalue weighted by Gasteiger charge is 2.31. The summed E-state index contributed by atoms with van der Waals surface area (Å²) in [5.74, 6) is 1.44. The second kappa shape index (κ2) is 9.92. The van der Waals surface area contributed by atoms with Crippen molar-refractivity contribution in [3.05, 3.63) is 53.2 Å². The molecule has 1 aliphatic heterocycles. The van der Waals surface area contributed by atoms with Crippen molar-refractivity contribution in [2.45, 2.75) is 38.1 Å². The number of carbonyl (C=O) groups excluding carboxylic acids is 1. The van der Waals surface area contributed by atoms with Crippen LogP contribution < -0.4 is 0 Å². The topological polar surface area (TPSA) is 52.8 Å². The molecule has 4 rings (SSSR count). The summed E-state index contributed by atoms with van der Waals surface area (Å²) in [6, 6.07) is 8.81. The van der Waals surface area contributed by atoms with Gasteiger partial charge in [0.1, 0.15) is 11.6 Å². The third-order valence-corrected chi connectivity index (χ3v) is 6.27. The molecule has 1 aromatic carbocycles. The molecule has 1 aliphatic carbocycles. The second-order valence-electron chi connectivity index (χ2n) is 9.28. The van der Waals surface area contributed by atoms with E-state index < -0.39 is 0 Å². The van der Waals surface area contributed by atoms with Crippen LogP contribution in [0.2, 0.25) is 0 Å². The van der Waals surface area contributed by atoms with Crippen LogP contribution in [0, 0.1) is 11.7 Å². The molecular formula is C24H33FN4O2. The van der Waals surface area contributed by atoms with Crippen LogP contribution in [0.15, 0.2) is 34.9 Å². The molecule has 1 amide bonds. The van der Waals surface area contributed by atoms with E-state index in [0.29, 0.717) is 37.2 Å². The average molecular weight is 429 g/mol. The molecule has 0 bridgehead atoms. The lowest BCUT2D eigenvalue weighted by molar-refractivity contribution is 0.0650. The summed E-state index contributed by atoms with van der Waals surface area (Å²) in [7, 11) is 4.03. The van der Waals surface area contributed by atoms with Crippen LogP contribution in [-0.4, -0.2) is 72.6 Å². The summed E-state index contributed by atoms with van der Waals surface area (Å²) in [4.78, 5) is 19.5. The number of aromatic nitrogens is 1. The van der Waals surface area contributed by atoms with Crippen LogP contribution in [0.3, 0.4) is 0 Å². The molecule has 2 aliphatic rings. The van der Waals surface area contributed by atoms with E-state index in [1.54, 1.807) is 6.07 Å². The summed E-state index contributed by atoms with van der Waals surface area (Å²) in [6.45, 7) is 4.58. The minimum Gasteiger partial charge on any atom is -0.360 e. The van der Waals surface area contributed by atoms with Gasteiger partial charge in [-0.3, -0.25) is 9.69 Å². The van der Waals surface area contributed by atoms with Crippen molar-refractivity contribution in [2.24, 2.45) is 5.92 Å². The quantitative estimate of drug-likeness (QED) is 0.611. The Balaban J connectivity index is 1.40. The van der Waals surface area contributed by atoms with E-state index in [9.17, 15) is 9.18 Å². The van der Waals surface area contributed by atoms with Gasteiger partial charge in [-0.2, -0.15) is 0 Å². The molecule has 1 aromatic heterocycles. The van der Waals surface area contributed by atoms with Gasteiger partial charge in [-0.25, -0.2) is 4.39 Å². The number of halogens is 1. The highest BCUT2D eigenvalue weighted by molar-refractivity contribution is 5.92. The van der Waals surface area contributed by atoms with Gasteiger partial charge in [-0.05, 0) is 58.3 Å². The maximum Gasteiger partial charge on any atom is 0.276 e. The fraction of sp³-hybridized carbons (Fsp3) is 0.583. The first-order valence-electron chi connectivity index (χ1n) is 11.4. The van der Waals surface area contributed by atoms with Crippen molar-refractivity contribution in [3.8, 4) is 0 Å². The molecule has 2 aromatic rings. The maximum atomic E-state index is 14.1. The number of likely N-dealkylation sites (N-methyl/N-ethyl adjacent to an activating group) is 1. The van der Waals surface area contributed by atoms with E-state index >= 15 is 0 Å². The third-order valence-electron chi connectivity index (χ3n) is 6.27. The zero-order chi connectivity index (χ0) is 21.8. The van der Waals surface area contributed by atoms with Gasteiger partial charge in [-0.1, -0.05) is 23.4 Å². The van der Waals surface area contributed by atoms with Crippen LogP contribution in [0.25, 0.3) is 0 Å². The number of hydrogen-bond donors (Lipinski definition) is 0. The first-order valence-corrected chi connectivity index (χ1v) is 11.4. The minimum absolute atomic E-state index is 0.0521. The summed E-state index contributed by atoms with van der Waals surface area (Å²) in [5, 5.41) is 4.07.